The molecular formula is C30H39N3O6S2. The van der Waals surface area contributed by atoms with Gasteiger partial charge < -0.3 is 9.64 Å². The van der Waals surface area contributed by atoms with Crippen LogP contribution < -0.4 is 4.72 Å². The topological polar surface area (TPSA) is 123 Å². The summed E-state index contributed by atoms with van der Waals surface area (Å²) in [6, 6.07) is 14.5. The Morgan fingerprint density at radius 3 is 2.29 bits per heavy atom. The van der Waals surface area contributed by atoms with Crippen molar-refractivity contribution in [1.82, 2.24) is 14.6 Å². The van der Waals surface area contributed by atoms with Gasteiger partial charge in [-0.25, -0.2) is 13.4 Å². The van der Waals surface area contributed by atoms with Gasteiger partial charge in [-0.3, -0.25) is 14.4 Å². The van der Waals surface area contributed by atoms with Crippen molar-refractivity contribution in [2.75, 3.05) is 7.05 Å². The maximum absolute atomic E-state index is 13.5. The van der Waals surface area contributed by atoms with Gasteiger partial charge in [-0.2, -0.15) is 4.72 Å². The van der Waals surface area contributed by atoms with Crippen molar-refractivity contribution < 1.29 is 27.5 Å². The number of fused-ring (bicyclic) bond motifs is 1. The van der Waals surface area contributed by atoms with E-state index < -0.39 is 45.5 Å². The van der Waals surface area contributed by atoms with Crippen LogP contribution in [-0.2, 0) is 35.6 Å². The quantitative estimate of drug-likeness (QED) is 0.281. The molecule has 3 rings (SSSR count). The van der Waals surface area contributed by atoms with Crippen LogP contribution in [0.15, 0.2) is 58.9 Å². The van der Waals surface area contributed by atoms with E-state index in [1.165, 1.54) is 11.9 Å². The number of Topliss-reactive ketones (excluding diaryl/α,β-unsaturated/α-hetero) is 1. The third-order valence-electron chi connectivity index (χ3n) is 6.58. The number of amides is 1. The van der Waals surface area contributed by atoms with Crippen molar-refractivity contribution in [3.63, 3.8) is 0 Å². The SMILES string of the molecule is CCC[C@H](NS(=O)(=O)c1nc2ccccc2s1)C(=O)N(C)[C@H](C)C(=O)C[C@H](Cc1ccccc1)C(=O)OC(C)(C)C. The second-order valence-electron chi connectivity index (χ2n) is 11.1. The highest BCUT2D eigenvalue weighted by Crippen LogP contribution is 2.26. The molecular weight excluding hydrogens is 562 g/mol. The van der Waals surface area contributed by atoms with Crippen molar-refractivity contribution in [1.29, 1.82) is 0 Å². The van der Waals surface area contributed by atoms with Crippen LogP contribution in [0, 0.1) is 5.92 Å². The molecule has 0 bridgehead atoms. The minimum atomic E-state index is -4.09. The summed E-state index contributed by atoms with van der Waals surface area (Å²) in [6.07, 6.45) is 0.959. The van der Waals surface area contributed by atoms with E-state index in [1.807, 2.05) is 37.3 Å². The zero-order valence-corrected chi connectivity index (χ0v) is 26.1. The predicted octanol–water partition coefficient (Wildman–Crippen LogP) is 4.75. The lowest BCUT2D eigenvalue weighted by atomic mass is 9.91. The summed E-state index contributed by atoms with van der Waals surface area (Å²) < 4.78 is 35.0. The molecule has 0 aliphatic rings. The van der Waals surface area contributed by atoms with E-state index in [4.69, 9.17) is 4.74 Å². The van der Waals surface area contributed by atoms with E-state index >= 15 is 0 Å². The Labute approximate surface area is 246 Å². The maximum Gasteiger partial charge on any atom is 0.310 e. The van der Waals surface area contributed by atoms with Crippen LogP contribution in [0.5, 0.6) is 0 Å². The predicted molar refractivity (Wildman–Crippen MR) is 160 cm³/mol. The largest absolute Gasteiger partial charge is 0.460 e. The normalized spacial score (nSPS) is 14.3. The number of sulfonamides is 1. The minimum Gasteiger partial charge on any atom is -0.460 e. The number of nitrogens with one attached hydrogen (secondary N) is 1. The monoisotopic (exact) mass is 601 g/mol. The summed E-state index contributed by atoms with van der Waals surface area (Å²) in [5.74, 6) is -2.08. The summed E-state index contributed by atoms with van der Waals surface area (Å²) in [7, 11) is -2.62. The van der Waals surface area contributed by atoms with Gasteiger partial charge in [0, 0.05) is 13.5 Å². The minimum absolute atomic E-state index is 0.125. The molecule has 0 fully saturated rings. The van der Waals surface area contributed by atoms with E-state index in [2.05, 4.69) is 9.71 Å². The number of esters is 1. The first-order valence-corrected chi connectivity index (χ1v) is 16.0. The number of ether oxygens (including phenoxy) is 1. The van der Waals surface area contributed by atoms with Crippen LogP contribution in [0.3, 0.4) is 0 Å². The third kappa shape index (κ3) is 8.92. The van der Waals surface area contributed by atoms with Crippen LogP contribution in [0.25, 0.3) is 10.2 Å². The highest BCUT2D eigenvalue weighted by molar-refractivity contribution is 7.91. The molecule has 0 aliphatic heterocycles. The first-order chi connectivity index (χ1) is 19.2. The lowest BCUT2D eigenvalue weighted by molar-refractivity contribution is -0.161. The Morgan fingerprint density at radius 1 is 1.05 bits per heavy atom. The number of nitrogens with zero attached hydrogens (tertiary/aromatic N) is 2. The summed E-state index contributed by atoms with van der Waals surface area (Å²) in [4.78, 5) is 45.4. The molecule has 0 aliphatic carbocycles. The number of benzene rings is 2. The molecule has 3 aromatic rings. The van der Waals surface area contributed by atoms with Gasteiger partial charge in [-0.1, -0.05) is 55.8 Å². The fraction of sp³-hybridized carbons (Fsp3) is 0.467. The first-order valence-electron chi connectivity index (χ1n) is 13.7. The molecule has 0 saturated heterocycles. The number of thiazole rings is 1. The number of likely N-dealkylation sites (N-methyl/N-ethyl adjacent to an activating group) is 1. The number of hydrogen-bond acceptors (Lipinski definition) is 8. The molecule has 1 aromatic heterocycles. The Morgan fingerprint density at radius 2 is 1.68 bits per heavy atom. The molecule has 1 N–H and O–H groups in total. The van der Waals surface area contributed by atoms with Crippen molar-refractivity contribution in [2.24, 2.45) is 5.92 Å². The molecule has 0 unspecified atom stereocenters. The van der Waals surface area contributed by atoms with Crippen LogP contribution in [0.4, 0.5) is 0 Å². The molecule has 1 heterocycles. The third-order valence-corrected chi connectivity index (χ3v) is 9.47. The molecule has 2 aromatic carbocycles. The van der Waals surface area contributed by atoms with Gasteiger partial charge in [0.15, 0.2) is 5.78 Å². The molecule has 0 saturated carbocycles. The fourth-order valence-electron chi connectivity index (χ4n) is 4.31. The average molecular weight is 602 g/mol. The molecule has 11 heteroatoms. The molecule has 41 heavy (non-hydrogen) atoms. The Hall–Kier alpha value is -3.15. The standard InChI is InChI=1S/C30H39N3O6S2/c1-7-13-24(32-41(37,38)29-31-23-16-11-12-17-26(23)40-29)27(35)33(6)20(2)25(34)19-22(28(36)39-30(3,4)5)18-21-14-9-8-10-15-21/h8-12,14-17,20,22,24,32H,7,13,18-19H2,1-6H3/t20-,22+,24+/m1/s1. The molecule has 1 amide bonds. The number of carbonyl (C=O) groups is 3. The van der Waals surface area contributed by atoms with E-state index in [1.54, 1.807) is 52.0 Å². The smallest absolute Gasteiger partial charge is 0.310 e. The second kappa shape index (κ2) is 13.7. The Balaban J connectivity index is 1.75. The van der Waals surface area contributed by atoms with Gasteiger partial charge in [0.2, 0.25) is 10.2 Å². The molecule has 0 radical (unpaired) electrons. The van der Waals surface area contributed by atoms with Crippen LogP contribution >= 0.6 is 11.3 Å². The number of hydrogen-bond donors (Lipinski definition) is 1. The first kappa shape index (κ1) is 32.4. The van der Waals surface area contributed by atoms with Gasteiger partial charge in [0.25, 0.3) is 10.0 Å². The van der Waals surface area contributed by atoms with Crippen molar-refractivity contribution >= 4 is 49.2 Å². The summed E-state index contributed by atoms with van der Waals surface area (Å²) >= 11 is 1.03. The maximum atomic E-state index is 13.5. The lowest BCUT2D eigenvalue weighted by Gasteiger charge is -2.29. The van der Waals surface area contributed by atoms with E-state index in [0.717, 1.165) is 21.6 Å². The number of para-hydroxylation sites is 1. The highest BCUT2D eigenvalue weighted by atomic mass is 32.2. The Bertz CT molecular complexity index is 1430. The number of aromatic nitrogens is 1. The average Bonchev–Trinajstić information content (AvgIpc) is 3.36. The number of carbonyl (C=O) groups excluding carboxylic acids is 3. The molecule has 3 atom stereocenters. The van der Waals surface area contributed by atoms with Crippen molar-refractivity contribution in [2.45, 2.75) is 82.3 Å². The van der Waals surface area contributed by atoms with Gasteiger partial charge in [-0.05, 0) is 58.2 Å². The van der Waals surface area contributed by atoms with Gasteiger partial charge in [0.1, 0.15) is 11.6 Å². The summed E-state index contributed by atoms with van der Waals surface area (Å²) in [5, 5.41) is 0. The fourth-order valence-corrected chi connectivity index (χ4v) is 6.78. The summed E-state index contributed by atoms with van der Waals surface area (Å²) in [5.41, 5.74) is 0.726. The Kier molecular flexibility index (Phi) is 10.8. The van der Waals surface area contributed by atoms with Gasteiger partial charge in [0.05, 0.1) is 22.2 Å². The van der Waals surface area contributed by atoms with E-state index in [9.17, 15) is 22.8 Å². The molecule has 0 spiro atoms. The van der Waals surface area contributed by atoms with Gasteiger partial charge in [-0.15, -0.1) is 11.3 Å². The summed E-state index contributed by atoms with van der Waals surface area (Å²) in [6.45, 7) is 8.73. The van der Waals surface area contributed by atoms with Crippen LogP contribution in [0.2, 0.25) is 0 Å². The second-order valence-corrected chi connectivity index (χ2v) is 14.0. The highest BCUT2D eigenvalue weighted by Gasteiger charge is 2.35. The zero-order chi connectivity index (χ0) is 30.4. The zero-order valence-electron chi connectivity index (χ0n) is 24.4. The van der Waals surface area contributed by atoms with Gasteiger partial charge >= 0.3 is 5.97 Å². The van der Waals surface area contributed by atoms with Crippen molar-refractivity contribution in [3.8, 4) is 0 Å². The van der Waals surface area contributed by atoms with Crippen LogP contribution in [0.1, 0.15) is 59.4 Å². The van der Waals surface area contributed by atoms with E-state index in [-0.39, 0.29) is 23.0 Å². The number of ketones is 1. The lowest BCUT2D eigenvalue weighted by Crippen LogP contribution is -2.51. The van der Waals surface area contributed by atoms with Crippen molar-refractivity contribution in [3.05, 3.63) is 60.2 Å². The molecule has 222 valence electrons. The molecule has 9 nitrogen and oxygen atoms in total. The van der Waals surface area contributed by atoms with E-state index in [0.29, 0.717) is 18.4 Å². The van der Waals surface area contributed by atoms with Crippen LogP contribution in [-0.4, -0.2) is 60.7 Å². The number of rotatable bonds is 13.